The van der Waals surface area contributed by atoms with E-state index in [1.165, 1.54) is 12.0 Å². The average Bonchev–Trinajstić information content (AvgIpc) is 3.38. The molecule has 0 aromatic heterocycles. The van der Waals surface area contributed by atoms with Gasteiger partial charge in [0.2, 0.25) is 5.91 Å². The first-order chi connectivity index (χ1) is 20.9. The number of ether oxygens (including phenoxy) is 6. The van der Waals surface area contributed by atoms with Crippen molar-refractivity contribution in [1.82, 2.24) is 15.1 Å². The number of cyclic esters (lactones) is 1. The predicted molar refractivity (Wildman–Crippen MR) is 159 cm³/mol. The molecule has 5 aliphatic rings. The average molecular weight is 618 g/mol. The second-order valence-corrected chi connectivity index (χ2v) is 13.8. The quantitative estimate of drug-likeness (QED) is 0.267. The summed E-state index contributed by atoms with van der Waals surface area (Å²) < 4.78 is 34.9. The number of nitrogens with one attached hydrogen (secondary N) is 1. The number of carbonyl (C=O) groups excluding carboxylic acids is 3. The van der Waals surface area contributed by atoms with E-state index in [1.54, 1.807) is 0 Å². The summed E-state index contributed by atoms with van der Waals surface area (Å²) in [6.45, 7) is 11.9. The molecule has 4 bridgehead atoms. The molecule has 0 spiro atoms. The van der Waals surface area contributed by atoms with E-state index in [0.717, 1.165) is 18.8 Å². The molecule has 0 saturated carbocycles. The molecule has 0 radical (unpaired) electrons. The van der Waals surface area contributed by atoms with Crippen molar-refractivity contribution < 1.29 is 42.8 Å². The predicted octanol–water partition coefficient (Wildman–Crippen LogP) is 2.74. The molecule has 8 unspecified atom stereocenters. The lowest BCUT2D eigenvalue weighted by Gasteiger charge is -2.35. The van der Waals surface area contributed by atoms with Crippen molar-refractivity contribution in [3.8, 4) is 0 Å². The minimum absolute atomic E-state index is 0.00900. The third-order valence-electron chi connectivity index (χ3n) is 8.73. The topological polar surface area (TPSA) is 128 Å². The zero-order valence-corrected chi connectivity index (χ0v) is 26.7. The van der Waals surface area contributed by atoms with Gasteiger partial charge in [0, 0.05) is 37.9 Å². The molecule has 4 aliphatic heterocycles. The first-order valence-corrected chi connectivity index (χ1v) is 15.5. The number of hydrogen-bond acceptors (Lipinski definition) is 10. The first kappa shape index (κ1) is 32.5. The van der Waals surface area contributed by atoms with E-state index in [1.807, 2.05) is 52.8 Å². The summed E-state index contributed by atoms with van der Waals surface area (Å²) >= 11 is 0. The van der Waals surface area contributed by atoms with Crippen molar-refractivity contribution in [1.29, 1.82) is 0 Å². The SMILES string of the molecule is COC(=O)C1CC2CN1C(=O)C(C(C)(C)C)NC(=O)OCC(C)(C)OCCC=CCOC1=CC=CC3CN(CC13)C1OC1O2. The fourth-order valence-corrected chi connectivity index (χ4v) is 6.26. The Hall–Kier alpha value is -2.93. The maximum absolute atomic E-state index is 14.0. The molecule has 2 amide bonds. The maximum atomic E-state index is 14.0. The van der Waals surface area contributed by atoms with Gasteiger partial charge in [-0.1, -0.05) is 45.1 Å². The number of rotatable bonds is 1. The molecule has 3 saturated heterocycles. The summed E-state index contributed by atoms with van der Waals surface area (Å²) in [6, 6.07) is -1.81. The van der Waals surface area contributed by atoms with Crippen LogP contribution in [0.15, 0.2) is 36.1 Å². The number of methoxy groups -OCH3 is 1. The summed E-state index contributed by atoms with van der Waals surface area (Å²) in [6.07, 6.45) is 9.41. The molecule has 4 heterocycles. The molecule has 12 heteroatoms. The van der Waals surface area contributed by atoms with Crippen LogP contribution in [0.4, 0.5) is 4.79 Å². The summed E-state index contributed by atoms with van der Waals surface area (Å²) in [5.41, 5.74) is -1.42. The van der Waals surface area contributed by atoms with Crippen molar-refractivity contribution in [2.45, 2.75) is 83.8 Å². The highest BCUT2D eigenvalue weighted by atomic mass is 16.8. The molecule has 44 heavy (non-hydrogen) atoms. The third kappa shape index (κ3) is 7.64. The van der Waals surface area contributed by atoms with Crippen LogP contribution in [0.3, 0.4) is 0 Å². The van der Waals surface area contributed by atoms with Crippen LogP contribution in [0.2, 0.25) is 0 Å². The van der Waals surface area contributed by atoms with Crippen LogP contribution in [0, 0.1) is 17.3 Å². The number of fused-ring (bicyclic) bond motifs is 5. The highest BCUT2D eigenvalue weighted by molar-refractivity contribution is 5.91. The zero-order valence-electron chi connectivity index (χ0n) is 26.7. The van der Waals surface area contributed by atoms with Crippen molar-refractivity contribution in [2.75, 3.05) is 46.6 Å². The van der Waals surface area contributed by atoms with Gasteiger partial charge in [0.1, 0.15) is 31.1 Å². The van der Waals surface area contributed by atoms with E-state index in [9.17, 15) is 14.4 Å². The Labute approximate surface area is 259 Å². The Balaban J connectivity index is 1.33. The first-order valence-electron chi connectivity index (χ1n) is 15.5. The summed E-state index contributed by atoms with van der Waals surface area (Å²) in [5.74, 6) is 0.582. The van der Waals surface area contributed by atoms with Crippen LogP contribution in [-0.2, 0) is 38.0 Å². The van der Waals surface area contributed by atoms with E-state index >= 15 is 0 Å². The number of alkyl carbamates (subject to hydrolysis) is 1. The van der Waals surface area contributed by atoms with Crippen LogP contribution >= 0.6 is 0 Å². The van der Waals surface area contributed by atoms with Crippen molar-refractivity contribution in [3.05, 3.63) is 36.1 Å². The van der Waals surface area contributed by atoms with Gasteiger partial charge in [-0.05, 0) is 31.8 Å². The van der Waals surface area contributed by atoms with Gasteiger partial charge in [-0.25, -0.2) is 9.59 Å². The smallest absolute Gasteiger partial charge is 0.407 e. The van der Waals surface area contributed by atoms with Gasteiger partial charge in [-0.3, -0.25) is 9.69 Å². The Morgan fingerprint density at radius 1 is 1.09 bits per heavy atom. The van der Waals surface area contributed by atoms with Gasteiger partial charge in [0.25, 0.3) is 0 Å². The van der Waals surface area contributed by atoms with E-state index in [0.29, 0.717) is 25.6 Å². The number of nitrogens with zero attached hydrogens (tertiary/aromatic N) is 2. The zero-order chi connectivity index (χ0) is 31.6. The Bertz CT molecular complexity index is 1180. The standard InChI is InChI=1S/C32H47N3O9/c1-31(2,3)25-26(36)35-17-21(15-23(35)28(37)39-6)43-29-27(44-29)34-16-20-11-10-12-24(22(20)18-34)40-13-8-7-9-14-42-32(4,5)19-41-30(38)33-25/h7-8,10-12,20-23,25,27,29H,9,13-19H2,1-6H3,(H,33,38). The van der Waals surface area contributed by atoms with Crippen molar-refractivity contribution in [3.63, 3.8) is 0 Å². The molecule has 5 rings (SSSR count). The lowest BCUT2D eigenvalue weighted by atomic mass is 9.85. The molecule has 1 aliphatic carbocycles. The summed E-state index contributed by atoms with van der Waals surface area (Å²) in [5, 5.41) is 2.74. The second kappa shape index (κ2) is 13.2. The fourth-order valence-electron chi connectivity index (χ4n) is 6.26. The van der Waals surface area contributed by atoms with Crippen LogP contribution < -0.4 is 5.32 Å². The molecule has 0 aromatic rings. The minimum atomic E-state index is -0.962. The molecule has 244 valence electrons. The Morgan fingerprint density at radius 2 is 1.89 bits per heavy atom. The second-order valence-electron chi connectivity index (χ2n) is 13.8. The van der Waals surface area contributed by atoms with Gasteiger partial charge < -0.3 is 38.6 Å². The highest BCUT2D eigenvalue weighted by Crippen LogP contribution is 2.40. The fraction of sp³-hybridized carbons (Fsp3) is 0.719. The van der Waals surface area contributed by atoms with Gasteiger partial charge >= 0.3 is 12.1 Å². The molecule has 1 N–H and O–H groups in total. The number of epoxide rings is 1. The normalized spacial score (nSPS) is 36.2. The summed E-state index contributed by atoms with van der Waals surface area (Å²) in [4.78, 5) is 43.4. The number of allylic oxidation sites excluding steroid dienone is 2. The third-order valence-corrected chi connectivity index (χ3v) is 8.73. The number of carbonyl (C=O) groups is 3. The number of amides is 2. The van der Waals surface area contributed by atoms with Gasteiger partial charge in [0.05, 0.1) is 25.4 Å². The van der Waals surface area contributed by atoms with E-state index in [4.69, 9.17) is 28.4 Å². The molecular formula is C32H47N3O9. The molecule has 3 fully saturated rings. The van der Waals surface area contributed by atoms with Gasteiger partial charge in [0.15, 0.2) is 12.5 Å². The maximum Gasteiger partial charge on any atom is 0.407 e. The monoisotopic (exact) mass is 617 g/mol. The van der Waals surface area contributed by atoms with Gasteiger partial charge in [-0.15, -0.1) is 0 Å². The van der Waals surface area contributed by atoms with Crippen molar-refractivity contribution >= 4 is 18.0 Å². The molecule has 8 atom stereocenters. The number of esters is 1. The van der Waals surface area contributed by atoms with E-state index in [-0.39, 0.29) is 31.7 Å². The lowest BCUT2D eigenvalue weighted by molar-refractivity contribution is -0.152. The Morgan fingerprint density at radius 3 is 2.64 bits per heavy atom. The Kier molecular flexibility index (Phi) is 9.74. The summed E-state index contributed by atoms with van der Waals surface area (Å²) in [7, 11) is 1.30. The van der Waals surface area contributed by atoms with Gasteiger partial charge in [-0.2, -0.15) is 0 Å². The minimum Gasteiger partial charge on any atom is -0.494 e. The van der Waals surface area contributed by atoms with E-state index < -0.39 is 53.5 Å². The van der Waals surface area contributed by atoms with Crippen LogP contribution in [-0.4, -0.2) is 111 Å². The van der Waals surface area contributed by atoms with Crippen molar-refractivity contribution in [2.24, 2.45) is 17.3 Å². The molecule has 0 aromatic carbocycles. The lowest BCUT2D eigenvalue weighted by Crippen LogP contribution is -2.57. The number of hydrogen-bond donors (Lipinski definition) is 1. The highest BCUT2D eigenvalue weighted by Gasteiger charge is 2.53. The largest absolute Gasteiger partial charge is 0.494 e. The van der Waals surface area contributed by atoms with Crippen LogP contribution in [0.25, 0.3) is 0 Å². The molecular weight excluding hydrogens is 570 g/mol. The molecule has 12 nitrogen and oxygen atoms in total. The van der Waals surface area contributed by atoms with Crippen LogP contribution in [0.5, 0.6) is 0 Å². The van der Waals surface area contributed by atoms with Crippen LogP contribution in [0.1, 0.15) is 47.5 Å². The van der Waals surface area contributed by atoms with E-state index in [2.05, 4.69) is 22.4 Å².